The molecule has 34 heavy (non-hydrogen) atoms. The van der Waals surface area contributed by atoms with Crippen molar-refractivity contribution in [3.05, 3.63) is 36.3 Å². The van der Waals surface area contributed by atoms with Crippen LogP contribution in [0.5, 0.6) is 0 Å². The Morgan fingerprint density at radius 3 is 2.68 bits per heavy atom. The summed E-state index contributed by atoms with van der Waals surface area (Å²) in [6.45, 7) is 7.87. The molecule has 11 heteroatoms. The number of imidazole rings is 1. The number of alkyl halides is 3. The lowest BCUT2D eigenvalue weighted by atomic mass is 10.1. The van der Waals surface area contributed by atoms with Crippen molar-refractivity contribution in [2.75, 3.05) is 25.0 Å². The number of ether oxygens (including phenoxy) is 1. The van der Waals surface area contributed by atoms with Gasteiger partial charge in [-0.1, -0.05) is 6.92 Å². The van der Waals surface area contributed by atoms with E-state index in [0.717, 1.165) is 6.07 Å². The Morgan fingerprint density at radius 2 is 2.06 bits per heavy atom. The van der Waals surface area contributed by atoms with E-state index >= 15 is 0 Å². The molecule has 1 aliphatic rings. The van der Waals surface area contributed by atoms with Gasteiger partial charge in [0.25, 0.3) is 0 Å². The summed E-state index contributed by atoms with van der Waals surface area (Å²) in [5.41, 5.74) is 1.24. The van der Waals surface area contributed by atoms with Crippen molar-refractivity contribution in [2.45, 2.75) is 52.1 Å². The van der Waals surface area contributed by atoms with Crippen LogP contribution in [0.4, 0.5) is 18.9 Å². The molecule has 1 N–H and O–H groups in total. The Kier molecular flexibility index (Phi) is 6.74. The molecule has 0 aromatic carbocycles. The molecule has 182 valence electrons. The molecule has 4 heterocycles. The summed E-state index contributed by atoms with van der Waals surface area (Å²) >= 11 is 0. The molecule has 0 saturated carbocycles. The lowest BCUT2D eigenvalue weighted by molar-refractivity contribution is -0.141. The molecule has 0 bridgehead atoms. The summed E-state index contributed by atoms with van der Waals surface area (Å²) in [6.07, 6.45) is -1.16. The molecule has 1 fully saturated rings. The van der Waals surface area contributed by atoms with E-state index in [1.165, 1.54) is 12.3 Å². The molecule has 3 aromatic rings. The first kappa shape index (κ1) is 23.9. The topological polar surface area (TPSA) is 85.2 Å². The highest BCUT2D eigenvalue weighted by Gasteiger charge is 2.32. The van der Waals surface area contributed by atoms with E-state index in [9.17, 15) is 18.0 Å². The minimum absolute atomic E-state index is 0.00954. The highest BCUT2D eigenvalue weighted by molar-refractivity contribution is 5.92. The number of nitrogens with one attached hydrogen (secondary N) is 1. The minimum Gasteiger partial charge on any atom is -0.375 e. The third kappa shape index (κ3) is 4.70. The molecule has 4 rings (SSSR count). The maximum absolute atomic E-state index is 13.1. The van der Waals surface area contributed by atoms with Gasteiger partial charge in [-0.3, -0.25) is 9.78 Å². The maximum atomic E-state index is 13.1. The van der Waals surface area contributed by atoms with Gasteiger partial charge in [-0.2, -0.15) is 13.2 Å². The number of aromatic nitrogens is 4. The molecule has 0 radical (unpaired) electrons. The monoisotopic (exact) mass is 476 g/mol. The summed E-state index contributed by atoms with van der Waals surface area (Å²) in [6, 6.07) is 3.59. The van der Waals surface area contributed by atoms with Crippen LogP contribution in [0.1, 0.15) is 32.9 Å². The Morgan fingerprint density at radius 1 is 1.26 bits per heavy atom. The summed E-state index contributed by atoms with van der Waals surface area (Å²) in [4.78, 5) is 27.6. The van der Waals surface area contributed by atoms with Crippen LogP contribution in [0.2, 0.25) is 0 Å². The van der Waals surface area contributed by atoms with Crippen molar-refractivity contribution in [3.8, 4) is 11.4 Å². The van der Waals surface area contributed by atoms with Crippen LogP contribution in [0.15, 0.2) is 30.6 Å². The summed E-state index contributed by atoms with van der Waals surface area (Å²) in [7, 11) is 0. The highest BCUT2D eigenvalue weighted by Crippen LogP contribution is 2.31. The number of rotatable bonds is 6. The molecule has 0 aliphatic carbocycles. The van der Waals surface area contributed by atoms with Crippen molar-refractivity contribution in [1.29, 1.82) is 0 Å². The Labute approximate surface area is 195 Å². The molecule has 3 aromatic heterocycles. The zero-order valence-electron chi connectivity index (χ0n) is 19.3. The number of fused-ring (bicyclic) bond motifs is 1. The van der Waals surface area contributed by atoms with Crippen LogP contribution in [0.25, 0.3) is 22.6 Å². The third-order valence-corrected chi connectivity index (χ3v) is 5.85. The van der Waals surface area contributed by atoms with Gasteiger partial charge in [0.1, 0.15) is 23.1 Å². The lowest BCUT2D eigenvalue weighted by Gasteiger charge is -2.34. The Bertz CT molecular complexity index is 1160. The maximum Gasteiger partial charge on any atom is 0.433 e. The Hall–Kier alpha value is -3.21. The van der Waals surface area contributed by atoms with Gasteiger partial charge in [0.2, 0.25) is 5.91 Å². The highest BCUT2D eigenvalue weighted by atomic mass is 19.4. The number of carbonyl (C=O) groups excluding carboxylic acids is 1. The van der Waals surface area contributed by atoms with E-state index in [4.69, 9.17) is 4.74 Å². The van der Waals surface area contributed by atoms with Crippen molar-refractivity contribution < 1.29 is 22.7 Å². The second-order valence-corrected chi connectivity index (χ2v) is 8.21. The standard InChI is InChI=1S/C23H27F3N6O2/c1-4-16(22(33)31-10-11-34-14(3)13-31)29-17-8-9-27-21-19(17)30-20(32(21)5-2)15-6-7-18(28-12-15)23(24,25)26/h6-9,12,14,16H,4-5,10-11,13H2,1-3H3,(H,27,29)/t14-,16+/m1/s1. The van der Waals surface area contributed by atoms with Gasteiger partial charge >= 0.3 is 6.18 Å². The molecular weight excluding hydrogens is 449 g/mol. The van der Waals surface area contributed by atoms with Gasteiger partial charge in [-0.05, 0) is 38.5 Å². The first-order chi connectivity index (χ1) is 16.2. The predicted octanol–water partition coefficient (Wildman–Crippen LogP) is 3.97. The molecule has 8 nitrogen and oxygen atoms in total. The molecule has 2 atom stereocenters. The van der Waals surface area contributed by atoms with Crippen LogP contribution >= 0.6 is 0 Å². The first-order valence-electron chi connectivity index (χ1n) is 11.3. The molecule has 1 aliphatic heterocycles. The van der Waals surface area contributed by atoms with Gasteiger partial charge in [0, 0.05) is 37.6 Å². The van der Waals surface area contributed by atoms with E-state index in [2.05, 4.69) is 20.3 Å². The van der Waals surface area contributed by atoms with E-state index in [1.807, 2.05) is 25.3 Å². The van der Waals surface area contributed by atoms with E-state index < -0.39 is 17.9 Å². The number of morpholine rings is 1. The van der Waals surface area contributed by atoms with Crippen LogP contribution in [-0.4, -0.2) is 62.2 Å². The largest absolute Gasteiger partial charge is 0.433 e. The fourth-order valence-corrected chi connectivity index (χ4v) is 4.11. The first-order valence-corrected chi connectivity index (χ1v) is 11.3. The summed E-state index contributed by atoms with van der Waals surface area (Å²) < 4.78 is 46.1. The van der Waals surface area contributed by atoms with Gasteiger partial charge in [0.15, 0.2) is 5.65 Å². The smallest absolute Gasteiger partial charge is 0.375 e. The SMILES string of the molecule is CC[C@H](Nc1ccnc2c1nc(-c1ccc(C(F)(F)F)nc1)n2CC)C(=O)N1CCO[C@H](C)C1. The van der Waals surface area contributed by atoms with E-state index in [0.29, 0.717) is 60.9 Å². The molecule has 0 unspecified atom stereocenters. The van der Waals surface area contributed by atoms with Crippen molar-refractivity contribution in [1.82, 2.24) is 24.4 Å². The third-order valence-electron chi connectivity index (χ3n) is 5.85. The number of nitrogens with zero attached hydrogens (tertiary/aromatic N) is 5. The summed E-state index contributed by atoms with van der Waals surface area (Å²) in [5.74, 6) is 0.451. The second-order valence-electron chi connectivity index (χ2n) is 8.21. The number of hydrogen-bond donors (Lipinski definition) is 1. The number of hydrogen-bond acceptors (Lipinski definition) is 6. The number of amides is 1. The van der Waals surface area contributed by atoms with Crippen LogP contribution < -0.4 is 5.32 Å². The van der Waals surface area contributed by atoms with Gasteiger partial charge in [-0.25, -0.2) is 9.97 Å². The molecule has 1 amide bonds. The normalized spacial score (nSPS) is 17.7. The fourth-order valence-electron chi connectivity index (χ4n) is 4.11. The van der Waals surface area contributed by atoms with Crippen LogP contribution in [-0.2, 0) is 22.3 Å². The molecule has 0 spiro atoms. The average Bonchev–Trinajstić information content (AvgIpc) is 3.21. The van der Waals surface area contributed by atoms with Gasteiger partial charge in [0.05, 0.1) is 18.4 Å². The van der Waals surface area contributed by atoms with Crippen LogP contribution in [0.3, 0.4) is 0 Å². The molecular formula is C23H27F3N6O2. The van der Waals surface area contributed by atoms with Crippen LogP contribution in [0, 0.1) is 0 Å². The lowest BCUT2D eigenvalue weighted by Crippen LogP contribution is -2.50. The fraction of sp³-hybridized carbons (Fsp3) is 0.478. The predicted molar refractivity (Wildman–Crippen MR) is 121 cm³/mol. The van der Waals surface area contributed by atoms with Crippen molar-refractivity contribution >= 4 is 22.8 Å². The van der Waals surface area contributed by atoms with Crippen molar-refractivity contribution in [3.63, 3.8) is 0 Å². The van der Waals surface area contributed by atoms with E-state index in [1.54, 1.807) is 17.2 Å². The minimum atomic E-state index is -4.51. The van der Waals surface area contributed by atoms with Crippen molar-refractivity contribution in [2.24, 2.45) is 0 Å². The average molecular weight is 477 g/mol. The zero-order valence-corrected chi connectivity index (χ0v) is 19.3. The number of halogens is 3. The quantitative estimate of drug-likeness (QED) is 0.580. The zero-order chi connectivity index (χ0) is 24.5. The summed E-state index contributed by atoms with van der Waals surface area (Å²) in [5, 5.41) is 3.32. The molecule has 1 saturated heterocycles. The number of pyridine rings is 2. The number of aryl methyl sites for hydroxylation is 1. The number of anilines is 1. The number of carbonyl (C=O) groups is 1. The van der Waals surface area contributed by atoms with Gasteiger partial charge in [-0.15, -0.1) is 0 Å². The second kappa shape index (κ2) is 9.57. The van der Waals surface area contributed by atoms with Gasteiger partial charge < -0.3 is 19.5 Å². The Balaban J connectivity index is 1.67. The van der Waals surface area contributed by atoms with E-state index in [-0.39, 0.29) is 12.0 Å².